The summed E-state index contributed by atoms with van der Waals surface area (Å²) in [6, 6.07) is 4.64. The Morgan fingerprint density at radius 1 is 0.852 bits per heavy atom. The zero-order valence-corrected chi connectivity index (χ0v) is 54.8. The van der Waals surface area contributed by atoms with Gasteiger partial charge in [0.05, 0.1) is 79.7 Å². The second-order valence-electron chi connectivity index (χ2n) is 24.3. The number of morpholine rings is 1. The minimum atomic E-state index is -1.84. The van der Waals surface area contributed by atoms with E-state index in [-0.39, 0.29) is 119 Å². The molecule has 5 saturated heterocycles. The molecule has 459 valence electrons. The summed E-state index contributed by atoms with van der Waals surface area (Å²) in [4.78, 5) is 56.5. The fourth-order valence-corrected chi connectivity index (χ4v) is 12.5. The van der Waals surface area contributed by atoms with Crippen LogP contribution in [0.15, 0.2) is 18.2 Å². The van der Waals surface area contributed by atoms with Gasteiger partial charge in [0.15, 0.2) is 18.7 Å². The van der Waals surface area contributed by atoms with E-state index >= 15 is 4.39 Å². The van der Waals surface area contributed by atoms with E-state index in [2.05, 4.69) is 10.6 Å². The van der Waals surface area contributed by atoms with Crippen molar-refractivity contribution in [3.05, 3.63) is 24.0 Å². The molecule has 5 aliphatic rings. The van der Waals surface area contributed by atoms with Gasteiger partial charge in [0, 0.05) is 89.6 Å². The first-order valence-electron chi connectivity index (χ1n) is 29.1. The molecule has 0 aromatic heterocycles. The number of cyclic esters (lactones) is 2. The Kier molecular flexibility index (Phi) is 25.8. The molecule has 81 heavy (non-hydrogen) atoms. The fourth-order valence-electron chi connectivity index (χ4n) is 12.5. The average Bonchev–Trinajstić information content (AvgIpc) is 3.92. The standard InChI is InChI=1S/C58H95FN4O17.Ac/c1-14-44-58(12,71)49(66)36(6)35(5)33(3)28-56(10,70)50(79-53-47(65)32(2)26-34(4)74-53)37(7)48(38(8)52(67)77-44)78-46-29-57(11,72-13)51(39(9)75-46)80-54(68)60-21-17-15-16-18-45(64)61-30-41-31-63(55(69)76-41)40-19-20-43(42(59)27-40)62-22-24-73-25-23-62;/h19-20,27,32-39,41,44,46-51,53,65-66,70-71H,14-18,21-26,28-31H2,1-13H3,(H,60,68)(H,61,64);/t32?,33-,34?,35+,36+,37?,38-,39?,41+,44-,46?,47?,48+,49-,50-,51?,53?,56-,57?,58-;/m1./s1. The van der Waals surface area contributed by atoms with Crippen molar-refractivity contribution in [3.8, 4) is 0 Å². The molecule has 0 aliphatic carbocycles. The van der Waals surface area contributed by atoms with Crippen molar-refractivity contribution in [2.75, 3.05) is 62.8 Å². The molecule has 0 spiro atoms. The van der Waals surface area contributed by atoms with Gasteiger partial charge in [-0.15, -0.1) is 0 Å². The summed E-state index contributed by atoms with van der Waals surface area (Å²) >= 11 is 0. The number of ether oxygens (including phenoxy) is 9. The smallest absolute Gasteiger partial charge is 0.414 e. The van der Waals surface area contributed by atoms with Crippen LogP contribution in [0, 0.1) is 85.4 Å². The van der Waals surface area contributed by atoms with Crippen LogP contribution in [0.4, 0.5) is 25.4 Å². The van der Waals surface area contributed by atoms with Crippen LogP contribution in [0.5, 0.6) is 0 Å². The van der Waals surface area contributed by atoms with Crippen molar-refractivity contribution in [2.24, 2.45) is 35.5 Å². The number of unbranched alkanes of at least 4 members (excludes halogenated alkanes) is 2. The normalized spacial score (nSPS) is 39.2. The number of methoxy groups -OCH3 is 1. The van der Waals surface area contributed by atoms with E-state index in [1.165, 1.54) is 25.0 Å². The molecule has 0 saturated carbocycles. The van der Waals surface area contributed by atoms with Gasteiger partial charge in [-0.25, -0.2) is 14.0 Å². The Morgan fingerprint density at radius 2 is 1.54 bits per heavy atom. The van der Waals surface area contributed by atoms with Gasteiger partial charge in [-0.05, 0) is 116 Å². The second kappa shape index (κ2) is 30.2. The number of rotatable bonds is 17. The van der Waals surface area contributed by atoms with Gasteiger partial charge in [0.25, 0.3) is 0 Å². The predicted molar refractivity (Wildman–Crippen MR) is 293 cm³/mol. The Balaban J connectivity index is 0.0000120. The summed E-state index contributed by atoms with van der Waals surface area (Å²) in [7, 11) is 1.49. The number of carbonyl (C=O) groups excluding carboxylic acids is 4. The Bertz CT molecular complexity index is 2210. The summed E-state index contributed by atoms with van der Waals surface area (Å²) in [5, 5.41) is 53.4. The molecule has 20 atom stereocenters. The number of anilines is 2. The van der Waals surface area contributed by atoms with Crippen LogP contribution >= 0.6 is 0 Å². The van der Waals surface area contributed by atoms with Gasteiger partial charge in [-0.2, -0.15) is 0 Å². The molecule has 1 aromatic rings. The average molecular weight is 1370 g/mol. The van der Waals surface area contributed by atoms with E-state index in [0.29, 0.717) is 63.4 Å². The maximum absolute atomic E-state index is 15.1. The number of esters is 1. The second-order valence-corrected chi connectivity index (χ2v) is 24.3. The third-order valence-corrected chi connectivity index (χ3v) is 17.8. The van der Waals surface area contributed by atoms with Gasteiger partial charge in [-0.1, -0.05) is 48.0 Å². The molecule has 0 bridgehead atoms. The van der Waals surface area contributed by atoms with Gasteiger partial charge in [0.2, 0.25) is 5.91 Å². The monoisotopic (exact) mass is 1370 g/mol. The van der Waals surface area contributed by atoms with E-state index in [0.717, 1.165) is 0 Å². The topological polar surface area (TPSA) is 263 Å². The first-order chi connectivity index (χ1) is 37.6. The van der Waals surface area contributed by atoms with Crippen LogP contribution < -0.4 is 20.4 Å². The van der Waals surface area contributed by atoms with Crippen LogP contribution in [-0.4, -0.2) is 182 Å². The minimum Gasteiger partial charge on any atom is -0.459 e. The van der Waals surface area contributed by atoms with Crippen molar-refractivity contribution in [1.82, 2.24) is 10.6 Å². The molecule has 9 unspecified atom stereocenters. The summed E-state index contributed by atoms with van der Waals surface area (Å²) in [6.07, 6.45) is -8.91. The molecule has 5 fully saturated rings. The Morgan fingerprint density at radius 3 is 2.20 bits per heavy atom. The number of benzene rings is 1. The molecule has 23 heteroatoms. The van der Waals surface area contributed by atoms with Gasteiger partial charge in [-0.3, -0.25) is 14.5 Å². The third kappa shape index (κ3) is 17.4. The van der Waals surface area contributed by atoms with E-state index < -0.39 is 120 Å². The quantitative estimate of drug-likeness (QED) is 0.0596. The third-order valence-electron chi connectivity index (χ3n) is 17.8. The van der Waals surface area contributed by atoms with Crippen LogP contribution in [0.2, 0.25) is 0 Å². The SMILES string of the molecule is CC[C@H]1OC(=O)[C@H](C)[C@@H](OC2CC(C)(OC)C(OC(=O)NCCCCCC(=O)NC[C@H]3CN(c4ccc(N5CCOCC5)c(F)c4)C(=O)O3)C(C)O2)C(C)[C@@H](OC2OC(C)CC(C)C2O)[C@](C)(O)C[C@@H](C)[C@H](C)[C@H](C)[C@@H](O)[C@]1(C)O.[Ac]. The summed E-state index contributed by atoms with van der Waals surface area (Å²) < 4.78 is 70.3. The van der Waals surface area contributed by atoms with Crippen molar-refractivity contribution in [1.29, 1.82) is 0 Å². The number of amides is 3. The fraction of sp³-hybridized carbons (Fsp3) is 0.828. The van der Waals surface area contributed by atoms with Crippen molar-refractivity contribution < 1.29 is 131 Å². The molecular formula is C58H95AcFN4O17. The molecule has 1 radical (unpaired) electrons. The first-order valence-corrected chi connectivity index (χ1v) is 29.1. The maximum atomic E-state index is 15.1. The van der Waals surface area contributed by atoms with Gasteiger partial charge >= 0.3 is 18.2 Å². The van der Waals surface area contributed by atoms with Crippen molar-refractivity contribution >= 4 is 35.4 Å². The zero-order chi connectivity index (χ0) is 59.0. The molecule has 3 amide bonds. The van der Waals surface area contributed by atoms with Gasteiger partial charge in [0.1, 0.15) is 35.3 Å². The number of alkyl carbamates (subject to hydrolysis) is 1. The number of hydrogen-bond donors (Lipinski definition) is 6. The number of aliphatic hydroxyl groups is 4. The molecule has 6 rings (SSSR count). The summed E-state index contributed by atoms with van der Waals surface area (Å²) in [6.45, 7) is 24.0. The number of aliphatic hydroxyl groups excluding tert-OH is 2. The first kappa shape index (κ1) is 69.2. The van der Waals surface area contributed by atoms with E-state index in [1.807, 2.05) is 39.5 Å². The molecule has 1 aromatic carbocycles. The largest absolute Gasteiger partial charge is 0.459 e. The van der Waals surface area contributed by atoms with Crippen molar-refractivity contribution in [3.63, 3.8) is 0 Å². The van der Waals surface area contributed by atoms with Crippen LogP contribution in [0.1, 0.15) is 134 Å². The molecular weight excluding hydrogens is 1270 g/mol. The number of carbonyl (C=O) groups is 4. The predicted octanol–water partition coefficient (Wildman–Crippen LogP) is 5.97. The van der Waals surface area contributed by atoms with Crippen molar-refractivity contribution in [2.45, 2.75) is 219 Å². The Labute approximate surface area is 514 Å². The van der Waals surface area contributed by atoms with E-state index in [4.69, 9.17) is 42.6 Å². The van der Waals surface area contributed by atoms with Crippen LogP contribution in [0.25, 0.3) is 0 Å². The number of hydrogen-bond acceptors (Lipinski definition) is 18. The zero-order valence-electron chi connectivity index (χ0n) is 50.1. The molecule has 6 N–H and O–H groups in total. The summed E-state index contributed by atoms with van der Waals surface area (Å²) in [5.41, 5.74) is -3.84. The number of nitrogens with zero attached hydrogens (tertiary/aromatic N) is 2. The molecule has 21 nitrogen and oxygen atoms in total. The maximum Gasteiger partial charge on any atom is 0.414 e. The Hall–Kier alpha value is -2.53. The molecule has 5 aliphatic heterocycles. The van der Waals surface area contributed by atoms with Crippen LogP contribution in [-0.2, 0) is 52.2 Å². The number of halogens is 1. The minimum absolute atomic E-state index is 0. The number of nitrogens with one attached hydrogen (secondary N) is 2. The van der Waals surface area contributed by atoms with Crippen LogP contribution in [0.3, 0.4) is 0 Å². The van der Waals surface area contributed by atoms with Gasteiger partial charge < -0.3 is 78.6 Å². The van der Waals surface area contributed by atoms with E-state index in [1.54, 1.807) is 53.7 Å². The summed E-state index contributed by atoms with van der Waals surface area (Å²) in [5.74, 6) is -4.46. The van der Waals surface area contributed by atoms with E-state index in [9.17, 15) is 39.6 Å². The molecule has 5 heterocycles.